The van der Waals surface area contributed by atoms with Crippen LogP contribution in [0.5, 0.6) is 0 Å². The molecule has 1 aliphatic heterocycles. The number of halogens is 1. The highest BCUT2D eigenvalue weighted by Gasteiger charge is 2.17. The van der Waals surface area contributed by atoms with Crippen LogP contribution in [0.2, 0.25) is 0 Å². The van der Waals surface area contributed by atoms with Crippen molar-refractivity contribution in [1.82, 2.24) is 10.3 Å². The Bertz CT molecular complexity index is 380. The van der Waals surface area contributed by atoms with E-state index in [1.165, 1.54) is 11.3 Å². The molecule has 0 radical (unpaired) electrons. The maximum absolute atomic E-state index is 11.8. The van der Waals surface area contributed by atoms with Crippen LogP contribution < -0.4 is 11.1 Å². The van der Waals surface area contributed by atoms with E-state index >= 15 is 0 Å². The number of nitrogens with two attached hydrogens (primary N) is 1. The SMILES string of the molecule is Cl.NCCc1nc(C(=O)NCC2CCOC2)cs1. The van der Waals surface area contributed by atoms with Gasteiger partial charge >= 0.3 is 0 Å². The molecule has 1 aromatic rings. The second-order valence-electron chi connectivity index (χ2n) is 4.10. The molecule has 1 atom stereocenters. The number of nitrogens with one attached hydrogen (secondary N) is 1. The fourth-order valence-corrected chi connectivity index (χ4v) is 2.52. The van der Waals surface area contributed by atoms with Crippen LogP contribution >= 0.6 is 23.7 Å². The number of carbonyl (C=O) groups excluding carboxylic acids is 1. The van der Waals surface area contributed by atoms with Crippen molar-refractivity contribution in [3.63, 3.8) is 0 Å². The zero-order valence-electron chi connectivity index (χ0n) is 10.1. The number of ether oxygens (including phenoxy) is 1. The first kappa shape index (κ1) is 15.4. The van der Waals surface area contributed by atoms with Gasteiger partial charge in [0.25, 0.3) is 5.91 Å². The van der Waals surface area contributed by atoms with Crippen molar-refractivity contribution < 1.29 is 9.53 Å². The lowest BCUT2D eigenvalue weighted by Crippen LogP contribution is -2.29. The number of nitrogens with zero attached hydrogens (tertiary/aromatic N) is 1. The molecule has 1 aromatic heterocycles. The fourth-order valence-electron chi connectivity index (χ4n) is 1.73. The Morgan fingerprint density at radius 1 is 1.67 bits per heavy atom. The number of aromatic nitrogens is 1. The van der Waals surface area contributed by atoms with Crippen LogP contribution in [0.25, 0.3) is 0 Å². The van der Waals surface area contributed by atoms with Gasteiger partial charge in [0, 0.05) is 30.9 Å². The average molecular weight is 292 g/mol. The number of hydrogen-bond acceptors (Lipinski definition) is 5. The molecule has 7 heteroatoms. The first-order valence-corrected chi connectivity index (χ1v) is 6.68. The summed E-state index contributed by atoms with van der Waals surface area (Å²) in [4.78, 5) is 16.0. The molecule has 2 rings (SSSR count). The third kappa shape index (κ3) is 4.20. The fraction of sp³-hybridized carbons (Fsp3) is 0.636. The Morgan fingerprint density at radius 2 is 2.50 bits per heavy atom. The molecule has 1 saturated heterocycles. The number of carbonyl (C=O) groups is 1. The lowest BCUT2D eigenvalue weighted by molar-refractivity contribution is 0.0940. The van der Waals surface area contributed by atoms with Crippen molar-refractivity contribution in [2.45, 2.75) is 12.8 Å². The van der Waals surface area contributed by atoms with E-state index in [0.29, 0.717) is 24.7 Å². The molecule has 2 heterocycles. The van der Waals surface area contributed by atoms with E-state index in [2.05, 4.69) is 10.3 Å². The minimum atomic E-state index is -0.101. The van der Waals surface area contributed by atoms with Crippen molar-refractivity contribution >= 4 is 29.7 Å². The van der Waals surface area contributed by atoms with E-state index in [4.69, 9.17) is 10.5 Å². The number of thiazole rings is 1. The maximum Gasteiger partial charge on any atom is 0.270 e. The minimum absolute atomic E-state index is 0. The van der Waals surface area contributed by atoms with E-state index in [0.717, 1.165) is 31.1 Å². The first-order chi connectivity index (χ1) is 8.29. The summed E-state index contributed by atoms with van der Waals surface area (Å²) in [6.07, 6.45) is 1.75. The molecular formula is C11H18ClN3O2S. The molecular weight excluding hydrogens is 274 g/mol. The molecule has 1 unspecified atom stereocenters. The Hall–Kier alpha value is -0.690. The lowest BCUT2D eigenvalue weighted by atomic mass is 10.1. The minimum Gasteiger partial charge on any atom is -0.381 e. The van der Waals surface area contributed by atoms with Crippen molar-refractivity contribution in [1.29, 1.82) is 0 Å². The summed E-state index contributed by atoms with van der Waals surface area (Å²) < 4.78 is 5.25. The van der Waals surface area contributed by atoms with Crippen LogP contribution in [0.4, 0.5) is 0 Å². The summed E-state index contributed by atoms with van der Waals surface area (Å²) in [6, 6.07) is 0. The van der Waals surface area contributed by atoms with E-state index < -0.39 is 0 Å². The molecule has 0 saturated carbocycles. The van der Waals surface area contributed by atoms with Crippen LogP contribution in [-0.4, -0.2) is 37.2 Å². The van der Waals surface area contributed by atoms with Crippen LogP contribution in [0.1, 0.15) is 21.9 Å². The quantitative estimate of drug-likeness (QED) is 0.842. The standard InChI is InChI=1S/C11H17N3O2S.ClH/c12-3-1-10-14-9(7-17-10)11(15)13-5-8-2-4-16-6-8;/h7-8H,1-6,12H2,(H,13,15);1H. The second-order valence-corrected chi connectivity index (χ2v) is 5.05. The zero-order chi connectivity index (χ0) is 12.1. The highest BCUT2D eigenvalue weighted by Crippen LogP contribution is 2.12. The largest absolute Gasteiger partial charge is 0.381 e. The topological polar surface area (TPSA) is 77.2 Å². The molecule has 3 N–H and O–H groups in total. The maximum atomic E-state index is 11.8. The Morgan fingerprint density at radius 3 is 3.17 bits per heavy atom. The molecule has 18 heavy (non-hydrogen) atoms. The van der Waals surface area contributed by atoms with Crippen LogP contribution in [0.15, 0.2) is 5.38 Å². The van der Waals surface area contributed by atoms with Gasteiger partial charge in [-0.1, -0.05) is 0 Å². The van der Waals surface area contributed by atoms with Gasteiger partial charge in [0.05, 0.1) is 11.6 Å². The van der Waals surface area contributed by atoms with Gasteiger partial charge in [-0.25, -0.2) is 4.98 Å². The average Bonchev–Trinajstić information content (AvgIpc) is 2.97. The summed E-state index contributed by atoms with van der Waals surface area (Å²) in [5, 5.41) is 5.59. The predicted octanol–water partition coefficient (Wildman–Crippen LogP) is 0.832. The molecule has 102 valence electrons. The molecule has 0 aliphatic carbocycles. The third-order valence-electron chi connectivity index (χ3n) is 2.72. The van der Waals surface area contributed by atoms with Gasteiger partial charge in [-0.15, -0.1) is 23.7 Å². The number of hydrogen-bond donors (Lipinski definition) is 2. The lowest BCUT2D eigenvalue weighted by Gasteiger charge is -2.07. The molecule has 1 amide bonds. The monoisotopic (exact) mass is 291 g/mol. The molecule has 0 aromatic carbocycles. The van der Waals surface area contributed by atoms with Crippen molar-refractivity contribution in [2.24, 2.45) is 11.7 Å². The number of rotatable bonds is 5. The van der Waals surface area contributed by atoms with Crippen molar-refractivity contribution in [3.05, 3.63) is 16.1 Å². The van der Waals surface area contributed by atoms with Crippen molar-refractivity contribution in [3.8, 4) is 0 Å². The van der Waals surface area contributed by atoms with Crippen LogP contribution in [0, 0.1) is 5.92 Å². The van der Waals surface area contributed by atoms with E-state index in [-0.39, 0.29) is 18.3 Å². The van der Waals surface area contributed by atoms with Crippen LogP contribution in [-0.2, 0) is 11.2 Å². The summed E-state index contributed by atoms with van der Waals surface area (Å²) in [6.45, 7) is 2.78. The highest BCUT2D eigenvalue weighted by atomic mass is 35.5. The van der Waals surface area contributed by atoms with Gasteiger partial charge in [-0.05, 0) is 13.0 Å². The predicted molar refractivity (Wildman–Crippen MR) is 73.4 cm³/mol. The van der Waals surface area contributed by atoms with E-state index in [1.54, 1.807) is 5.38 Å². The van der Waals surface area contributed by atoms with E-state index in [1.807, 2.05) is 0 Å². The van der Waals surface area contributed by atoms with Gasteiger partial charge < -0.3 is 15.8 Å². The summed E-state index contributed by atoms with van der Waals surface area (Å²) in [5.41, 5.74) is 5.94. The van der Waals surface area contributed by atoms with Gasteiger partial charge in [0.15, 0.2) is 0 Å². The van der Waals surface area contributed by atoms with Gasteiger partial charge in [-0.2, -0.15) is 0 Å². The first-order valence-electron chi connectivity index (χ1n) is 5.80. The summed E-state index contributed by atoms with van der Waals surface area (Å²) >= 11 is 1.48. The number of amides is 1. The van der Waals surface area contributed by atoms with Crippen molar-refractivity contribution in [2.75, 3.05) is 26.3 Å². The normalized spacial score (nSPS) is 18.4. The smallest absolute Gasteiger partial charge is 0.270 e. The van der Waals surface area contributed by atoms with E-state index in [9.17, 15) is 4.79 Å². The van der Waals surface area contributed by atoms with Gasteiger partial charge in [0.2, 0.25) is 0 Å². The third-order valence-corrected chi connectivity index (χ3v) is 3.63. The Balaban J connectivity index is 0.00000162. The molecule has 5 nitrogen and oxygen atoms in total. The molecule has 1 aliphatic rings. The van der Waals surface area contributed by atoms with Gasteiger partial charge in [-0.3, -0.25) is 4.79 Å². The van der Waals surface area contributed by atoms with Crippen LogP contribution in [0.3, 0.4) is 0 Å². The Kier molecular flexibility index (Phi) is 6.56. The molecule has 1 fully saturated rings. The molecule has 0 spiro atoms. The summed E-state index contributed by atoms with van der Waals surface area (Å²) in [7, 11) is 0. The summed E-state index contributed by atoms with van der Waals surface area (Å²) in [5.74, 6) is 0.345. The van der Waals surface area contributed by atoms with Gasteiger partial charge in [0.1, 0.15) is 5.69 Å². The molecule has 0 bridgehead atoms. The Labute approximate surface area is 117 Å². The highest BCUT2D eigenvalue weighted by molar-refractivity contribution is 7.09. The second kappa shape index (κ2) is 7.68. The zero-order valence-corrected chi connectivity index (χ0v) is 11.7.